The van der Waals surface area contributed by atoms with Gasteiger partial charge in [-0.3, -0.25) is 24.0 Å². The minimum atomic E-state index is -1.35. The van der Waals surface area contributed by atoms with Crippen LogP contribution in [0.3, 0.4) is 0 Å². The Hall–Kier alpha value is -3.25. The molecule has 0 saturated carbocycles. The summed E-state index contributed by atoms with van der Waals surface area (Å²) in [6.45, 7) is 11.9. The van der Waals surface area contributed by atoms with Crippen LogP contribution in [-0.4, -0.2) is 91.7 Å². The molecule has 12 heteroatoms. The van der Waals surface area contributed by atoms with Gasteiger partial charge in [0.25, 0.3) is 0 Å². The van der Waals surface area contributed by atoms with Crippen molar-refractivity contribution in [3.05, 3.63) is 25.3 Å². The van der Waals surface area contributed by atoms with Crippen molar-refractivity contribution in [3.63, 3.8) is 0 Å². The fourth-order valence-corrected chi connectivity index (χ4v) is 3.33. The maximum atomic E-state index is 12.5. The summed E-state index contributed by atoms with van der Waals surface area (Å²) >= 11 is 0. The Balaban J connectivity index is 3.16. The molecule has 12 nitrogen and oxygen atoms in total. The van der Waals surface area contributed by atoms with Gasteiger partial charge >= 0.3 is 23.9 Å². The first-order valence-electron chi connectivity index (χ1n) is 10.9. The van der Waals surface area contributed by atoms with E-state index >= 15 is 0 Å². The van der Waals surface area contributed by atoms with Gasteiger partial charge in [-0.05, 0) is 0 Å². The van der Waals surface area contributed by atoms with Crippen molar-refractivity contribution in [1.29, 1.82) is 0 Å². The van der Waals surface area contributed by atoms with Gasteiger partial charge in [0.05, 0.1) is 13.0 Å². The highest BCUT2D eigenvalue weighted by Gasteiger charge is 2.52. The predicted molar refractivity (Wildman–Crippen MR) is 119 cm³/mol. The Kier molecular flexibility index (Phi) is 12.7. The third-order valence-electron chi connectivity index (χ3n) is 4.60. The molecule has 0 N–H and O–H groups in total. The zero-order chi connectivity index (χ0) is 26.5. The minimum absolute atomic E-state index is 0.0610. The Labute approximate surface area is 204 Å². The van der Waals surface area contributed by atoms with Gasteiger partial charge in [-0.15, -0.1) is 13.2 Å². The van der Waals surface area contributed by atoms with Crippen molar-refractivity contribution in [2.75, 3.05) is 26.3 Å². The lowest BCUT2D eigenvalue weighted by Gasteiger charge is -2.44. The smallest absolute Gasteiger partial charge is 0.303 e. The standard InChI is InChI=1S/C23H33NO11/c1-7-10-24(11-8-2)19(29)9-12-30-23-22(34-17(6)28)21(33-16(5)27)20(32-15(4)26)18(35-23)13-31-14(3)25/h7-8,18,20-23H,1-2,9-13H2,3-6H3/t18-,20-,21+,22-,23-/m1/s1. The van der Waals surface area contributed by atoms with Crippen LogP contribution in [0.2, 0.25) is 0 Å². The molecule has 1 saturated heterocycles. The largest absolute Gasteiger partial charge is 0.463 e. The highest BCUT2D eigenvalue weighted by atomic mass is 16.7. The number of ether oxygens (including phenoxy) is 6. The fraction of sp³-hybridized carbons (Fsp3) is 0.609. The molecule has 0 aliphatic carbocycles. The molecule has 1 fully saturated rings. The quantitative estimate of drug-likeness (QED) is 0.200. The molecule has 1 rings (SSSR count). The molecule has 0 bridgehead atoms. The van der Waals surface area contributed by atoms with E-state index in [2.05, 4.69) is 13.2 Å². The third kappa shape index (κ3) is 10.3. The number of hydrogen-bond donors (Lipinski definition) is 0. The molecule has 5 atom stereocenters. The SMILES string of the molecule is C=CCN(CC=C)C(=O)CCO[C@@H]1O[C@H](COC(C)=O)[C@@H](OC(C)=O)[C@H](OC(C)=O)[C@H]1OC(C)=O. The number of carbonyl (C=O) groups is 5. The van der Waals surface area contributed by atoms with Crippen molar-refractivity contribution in [1.82, 2.24) is 4.90 Å². The van der Waals surface area contributed by atoms with Crippen LogP contribution in [0.15, 0.2) is 25.3 Å². The summed E-state index contributed by atoms with van der Waals surface area (Å²) in [6, 6.07) is 0. The van der Waals surface area contributed by atoms with E-state index in [1.165, 1.54) is 11.8 Å². The molecule has 0 aromatic rings. The molecule has 0 aromatic heterocycles. The van der Waals surface area contributed by atoms with E-state index in [0.717, 1.165) is 20.8 Å². The molecule has 0 radical (unpaired) electrons. The van der Waals surface area contributed by atoms with E-state index in [0.29, 0.717) is 13.1 Å². The van der Waals surface area contributed by atoms with Crippen molar-refractivity contribution in [2.45, 2.75) is 64.8 Å². The van der Waals surface area contributed by atoms with Crippen molar-refractivity contribution in [3.8, 4) is 0 Å². The molecular weight excluding hydrogens is 466 g/mol. The van der Waals surface area contributed by atoms with E-state index < -0.39 is 54.6 Å². The number of nitrogens with zero attached hydrogens (tertiary/aromatic N) is 1. The van der Waals surface area contributed by atoms with E-state index in [9.17, 15) is 24.0 Å². The second-order valence-electron chi connectivity index (χ2n) is 7.56. The number of rotatable bonds is 13. The van der Waals surface area contributed by atoms with E-state index in [1.54, 1.807) is 12.2 Å². The predicted octanol–water partition coefficient (Wildman–Crippen LogP) is 0.677. The summed E-state index contributed by atoms with van der Waals surface area (Å²) in [5.41, 5.74) is 0. The van der Waals surface area contributed by atoms with Crippen LogP contribution in [0, 0.1) is 0 Å². The van der Waals surface area contributed by atoms with Gasteiger partial charge in [-0.25, -0.2) is 0 Å². The van der Waals surface area contributed by atoms with Gasteiger partial charge in [-0.1, -0.05) is 12.2 Å². The summed E-state index contributed by atoms with van der Waals surface area (Å²) < 4.78 is 32.4. The number of hydrogen-bond acceptors (Lipinski definition) is 11. The van der Waals surface area contributed by atoms with Gasteiger partial charge in [0.15, 0.2) is 24.6 Å². The minimum Gasteiger partial charge on any atom is -0.463 e. The normalized spacial score (nSPS) is 23.4. The first kappa shape index (κ1) is 29.8. The Morgan fingerprint density at radius 1 is 0.800 bits per heavy atom. The lowest BCUT2D eigenvalue weighted by atomic mass is 9.98. The summed E-state index contributed by atoms with van der Waals surface area (Å²) in [5, 5.41) is 0. The monoisotopic (exact) mass is 499 g/mol. The van der Waals surface area contributed by atoms with E-state index in [1.807, 2.05) is 0 Å². The van der Waals surface area contributed by atoms with Gasteiger partial charge in [0, 0.05) is 40.8 Å². The molecule has 0 spiro atoms. The zero-order valence-corrected chi connectivity index (χ0v) is 20.4. The van der Waals surface area contributed by atoms with Gasteiger partial charge in [0.1, 0.15) is 12.7 Å². The van der Waals surface area contributed by atoms with Crippen molar-refractivity contribution < 1.29 is 52.4 Å². The zero-order valence-electron chi connectivity index (χ0n) is 20.4. The number of carbonyl (C=O) groups excluding carboxylic acids is 5. The summed E-state index contributed by atoms with van der Waals surface area (Å²) in [5.74, 6) is -3.12. The van der Waals surface area contributed by atoms with Gasteiger partial charge in [0.2, 0.25) is 5.91 Å². The van der Waals surface area contributed by atoms with E-state index in [-0.39, 0.29) is 25.5 Å². The highest BCUT2D eigenvalue weighted by molar-refractivity contribution is 5.76. The molecular formula is C23H33NO11. The molecule has 0 aromatic carbocycles. The average Bonchev–Trinajstić information content (AvgIpc) is 2.75. The Bertz CT molecular complexity index is 786. The Morgan fingerprint density at radius 2 is 1.31 bits per heavy atom. The van der Waals surface area contributed by atoms with E-state index in [4.69, 9.17) is 28.4 Å². The van der Waals surface area contributed by atoms with Crippen molar-refractivity contribution >= 4 is 29.8 Å². The summed E-state index contributed by atoms with van der Waals surface area (Å²) in [4.78, 5) is 60.7. The van der Waals surface area contributed by atoms with Crippen LogP contribution in [0.5, 0.6) is 0 Å². The van der Waals surface area contributed by atoms with Crippen molar-refractivity contribution in [2.24, 2.45) is 0 Å². The van der Waals surface area contributed by atoms with Gasteiger partial charge < -0.3 is 33.3 Å². The Morgan fingerprint density at radius 3 is 1.80 bits per heavy atom. The molecule has 1 amide bonds. The maximum absolute atomic E-state index is 12.5. The topological polar surface area (TPSA) is 144 Å². The molecule has 1 aliphatic heterocycles. The fourth-order valence-electron chi connectivity index (χ4n) is 3.33. The maximum Gasteiger partial charge on any atom is 0.303 e. The number of amides is 1. The number of esters is 4. The summed E-state index contributed by atoms with van der Waals surface area (Å²) in [6.07, 6.45) is -3.35. The van der Waals surface area contributed by atoms with Crippen LogP contribution in [0.1, 0.15) is 34.1 Å². The lowest BCUT2D eigenvalue weighted by Crippen LogP contribution is -2.63. The molecule has 196 valence electrons. The second kappa shape index (κ2) is 14.9. The van der Waals surface area contributed by atoms with Crippen LogP contribution >= 0.6 is 0 Å². The van der Waals surface area contributed by atoms with Crippen LogP contribution in [0.25, 0.3) is 0 Å². The van der Waals surface area contributed by atoms with Crippen LogP contribution < -0.4 is 0 Å². The first-order chi connectivity index (χ1) is 16.5. The molecule has 35 heavy (non-hydrogen) atoms. The van der Waals surface area contributed by atoms with Crippen LogP contribution in [-0.2, 0) is 52.4 Å². The molecule has 1 aliphatic rings. The molecule has 1 heterocycles. The lowest BCUT2D eigenvalue weighted by molar-refractivity contribution is -0.308. The second-order valence-corrected chi connectivity index (χ2v) is 7.56. The third-order valence-corrected chi connectivity index (χ3v) is 4.60. The average molecular weight is 500 g/mol. The van der Waals surface area contributed by atoms with Gasteiger partial charge in [-0.2, -0.15) is 0 Å². The molecule has 0 unspecified atom stereocenters. The highest BCUT2D eigenvalue weighted by Crippen LogP contribution is 2.30. The van der Waals surface area contributed by atoms with Crippen LogP contribution in [0.4, 0.5) is 0 Å². The summed E-state index contributed by atoms with van der Waals surface area (Å²) in [7, 11) is 0. The first-order valence-corrected chi connectivity index (χ1v) is 10.9.